The van der Waals surface area contributed by atoms with Crippen molar-refractivity contribution in [1.82, 2.24) is 14.7 Å². The molecule has 0 saturated heterocycles. The van der Waals surface area contributed by atoms with Gasteiger partial charge in [-0.25, -0.2) is 4.39 Å². The molecule has 0 bridgehead atoms. The number of aliphatic hydroxyl groups is 1. The van der Waals surface area contributed by atoms with Crippen molar-refractivity contribution in [2.24, 2.45) is 0 Å². The van der Waals surface area contributed by atoms with Crippen LogP contribution in [0.1, 0.15) is 36.7 Å². The quantitative estimate of drug-likeness (QED) is 0.765. The monoisotopic (exact) mass is 333 g/mol. The van der Waals surface area contributed by atoms with Crippen LogP contribution in [0.4, 0.5) is 4.39 Å². The van der Waals surface area contributed by atoms with Crippen LogP contribution >= 0.6 is 0 Å². The fraction of sp³-hybridized carbons (Fsp3) is 0.526. The number of hydrogen-bond acceptors (Lipinski definition) is 3. The van der Waals surface area contributed by atoms with Crippen LogP contribution in [-0.4, -0.2) is 39.0 Å². The first kappa shape index (κ1) is 18.6. The summed E-state index contributed by atoms with van der Waals surface area (Å²) in [5.41, 5.74) is 3.28. The highest BCUT2D eigenvalue weighted by Gasteiger charge is 2.16. The molecule has 1 aromatic carbocycles. The Bertz CT molecular complexity index is 620. The van der Waals surface area contributed by atoms with Crippen LogP contribution in [0.3, 0.4) is 0 Å². The van der Waals surface area contributed by atoms with Gasteiger partial charge in [0.25, 0.3) is 0 Å². The molecule has 2 aromatic rings. The smallest absolute Gasteiger partial charge is 0.123 e. The van der Waals surface area contributed by atoms with E-state index in [4.69, 9.17) is 0 Å². The lowest BCUT2D eigenvalue weighted by atomic mass is 10.1. The van der Waals surface area contributed by atoms with Gasteiger partial charge in [-0.2, -0.15) is 5.10 Å². The maximum absolute atomic E-state index is 13.1. The summed E-state index contributed by atoms with van der Waals surface area (Å²) in [5, 5.41) is 14.2. The SMILES string of the molecule is CCC(CO)N(CCCn1nc(C)cc1C)Cc1ccc(F)cc1. The van der Waals surface area contributed by atoms with Crippen LogP contribution in [0.25, 0.3) is 0 Å². The second kappa shape index (κ2) is 8.94. The second-order valence-corrected chi connectivity index (χ2v) is 6.35. The van der Waals surface area contributed by atoms with Crippen molar-refractivity contribution in [3.05, 3.63) is 53.1 Å². The molecule has 0 amide bonds. The van der Waals surface area contributed by atoms with E-state index in [-0.39, 0.29) is 18.5 Å². The largest absolute Gasteiger partial charge is 0.395 e. The van der Waals surface area contributed by atoms with E-state index in [0.717, 1.165) is 43.7 Å². The van der Waals surface area contributed by atoms with Crippen molar-refractivity contribution in [2.75, 3.05) is 13.2 Å². The number of hydrogen-bond donors (Lipinski definition) is 1. The van der Waals surface area contributed by atoms with E-state index in [0.29, 0.717) is 0 Å². The topological polar surface area (TPSA) is 41.3 Å². The first-order valence-corrected chi connectivity index (χ1v) is 8.64. The molecule has 0 aliphatic rings. The summed E-state index contributed by atoms with van der Waals surface area (Å²) < 4.78 is 15.1. The standard InChI is InChI=1S/C19H28FN3O/c1-4-19(14-24)22(13-17-6-8-18(20)9-7-17)10-5-11-23-16(3)12-15(2)21-23/h6-9,12,19,24H,4-5,10-11,13-14H2,1-3H3. The van der Waals surface area contributed by atoms with Gasteiger partial charge in [0.1, 0.15) is 5.82 Å². The second-order valence-electron chi connectivity index (χ2n) is 6.35. The summed E-state index contributed by atoms with van der Waals surface area (Å²) in [5.74, 6) is -0.218. The molecule has 0 saturated carbocycles. The molecule has 1 heterocycles. The summed E-state index contributed by atoms with van der Waals surface area (Å²) in [6.45, 7) is 8.74. The Kier molecular flexibility index (Phi) is 6.94. The number of aryl methyl sites for hydroxylation is 3. The molecule has 0 radical (unpaired) electrons. The Morgan fingerprint density at radius 1 is 1.25 bits per heavy atom. The minimum Gasteiger partial charge on any atom is -0.395 e. The molecule has 132 valence electrons. The van der Waals surface area contributed by atoms with Gasteiger partial charge in [0.2, 0.25) is 0 Å². The molecule has 4 nitrogen and oxygen atoms in total. The Morgan fingerprint density at radius 2 is 1.96 bits per heavy atom. The van der Waals surface area contributed by atoms with Crippen molar-refractivity contribution < 1.29 is 9.50 Å². The van der Waals surface area contributed by atoms with Gasteiger partial charge in [0, 0.05) is 31.4 Å². The van der Waals surface area contributed by atoms with Gasteiger partial charge in [-0.15, -0.1) is 0 Å². The number of nitrogens with zero attached hydrogens (tertiary/aromatic N) is 3. The van der Waals surface area contributed by atoms with E-state index in [1.165, 1.54) is 17.8 Å². The maximum atomic E-state index is 13.1. The molecule has 0 aliphatic heterocycles. The summed E-state index contributed by atoms with van der Waals surface area (Å²) in [7, 11) is 0. The van der Waals surface area contributed by atoms with Crippen molar-refractivity contribution in [3.63, 3.8) is 0 Å². The van der Waals surface area contributed by atoms with Crippen LogP contribution in [0.15, 0.2) is 30.3 Å². The molecule has 0 spiro atoms. The van der Waals surface area contributed by atoms with Crippen LogP contribution in [0.2, 0.25) is 0 Å². The lowest BCUT2D eigenvalue weighted by Crippen LogP contribution is -2.38. The third-order valence-electron chi connectivity index (χ3n) is 4.42. The van der Waals surface area contributed by atoms with Crippen molar-refractivity contribution >= 4 is 0 Å². The van der Waals surface area contributed by atoms with Crippen LogP contribution in [0.5, 0.6) is 0 Å². The molecule has 1 aromatic heterocycles. The highest BCUT2D eigenvalue weighted by Crippen LogP contribution is 2.13. The Hall–Kier alpha value is -1.72. The minimum absolute atomic E-state index is 0.121. The minimum atomic E-state index is -0.218. The van der Waals surface area contributed by atoms with Gasteiger partial charge in [0.15, 0.2) is 0 Å². The zero-order chi connectivity index (χ0) is 17.5. The predicted octanol–water partition coefficient (Wildman–Crippen LogP) is 3.30. The first-order valence-electron chi connectivity index (χ1n) is 8.64. The summed E-state index contributed by atoms with van der Waals surface area (Å²) in [4.78, 5) is 2.28. The maximum Gasteiger partial charge on any atom is 0.123 e. The third kappa shape index (κ3) is 5.14. The van der Waals surface area contributed by atoms with E-state index in [9.17, 15) is 9.50 Å². The van der Waals surface area contributed by atoms with Gasteiger partial charge in [-0.3, -0.25) is 9.58 Å². The van der Waals surface area contributed by atoms with Crippen molar-refractivity contribution in [2.45, 2.75) is 52.7 Å². The molecule has 5 heteroatoms. The zero-order valence-electron chi connectivity index (χ0n) is 14.9. The third-order valence-corrected chi connectivity index (χ3v) is 4.42. The Balaban J connectivity index is 1.97. The van der Waals surface area contributed by atoms with Crippen LogP contribution < -0.4 is 0 Å². The molecule has 1 N–H and O–H groups in total. The van der Waals surface area contributed by atoms with Crippen molar-refractivity contribution in [1.29, 1.82) is 0 Å². The van der Waals surface area contributed by atoms with Crippen LogP contribution in [-0.2, 0) is 13.1 Å². The fourth-order valence-electron chi connectivity index (χ4n) is 3.04. The lowest BCUT2D eigenvalue weighted by Gasteiger charge is -2.30. The first-order chi connectivity index (χ1) is 11.5. The predicted molar refractivity (Wildman–Crippen MR) is 94.3 cm³/mol. The molecule has 24 heavy (non-hydrogen) atoms. The number of halogens is 1. The van der Waals surface area contributed by atoms with Gasteiger partial charge >= 0.3 is 0 Å². The van der Waals surface area contributed by atoms with Gasteiger partial charge < -0.3 is 5.11 Å². The van der Waals surface area contributed by atoms with E-state index >= 15 is 0 Å². The van der Waals surface area contributed by atoms with E-state index in [1.807, 2.05) is 23.7 Å². The fourth-order valence-corrected chi connectivity index (χ4v) is 3.04. The molecule has 0 fully saturated rings. The molecule has 1 atom stereocenters. The normalized spacial score (nSPS) is 12.8. The van der Waals surface area contributed by atoms with E-state index in [1.54, 1.807) is 0 Å². The Labute approximate surface area is 143 Å². The average Bonchev–Trinajstić information content (AvgIpc) is 2.88. The van der Waals surface area contributed by atoms with E-state index in [2.05, 4.69) is 29.9 Å². The molecular weight excluding hydrogens is 305 g/mol. The highest BCUT2D eigenvalue weighted by atomic mass is 19.1. The van der Waals surface area contributed by atoms with Crippen LogP contribution in [0, 0.1) is 19.7 Å². The highest BCUT2D eigenvalue weighted by molar-refractivity contribution is 5.16. The van der Waals surface area contributed by atoms with Gasteiger partial charge in [-0.05, 0) is 50.5 Å². The number of rotatable bonds is 9. The Morgan fingerprint density at radius 3 is 2.50 bits per heavy atom. The molecule has 2 rings (SSSR count). The summed E-state index contributed by atoms with van der Waals surface area (Å²) in [6, 6.07) is 8.81. The molecular formula is C19H28FN3O. The zero-order valence-corrected chi connectivity index (χ0v) is 14.9. The number of benzene rings is 1. The van der Waals surface area contributed by atoms with Crippen molar-refractivity contribution in [3.8, 4) is 0 Å². The molecule has 0 aliphatic carbocycles. The summed E-state index contributed by atoms with van der Waals surface area (Å²) >= 11 is 0. The lowest BCUT2D eigenvalue weighted by molar-refractivity contribution is 0.110. The number of aromatic nitrogens is 2. The number of aliphatic hydroxyl groups excluding tert-OH is 1. The average molecular weight is 333 g/mol. The molecule has 1 unspecified atom stereocenters. The van der Waals surface area contributed by atoms with Gasteiger partial charge in [0.05, 0.1) is 12.3 Å². The van der Waals surface area contributed by atoms with E-state index < -0.39 is 0 Å². The summed E-state index contributed by atoms with van der Waals surface area (Å²) in [6.07, 6.45) is 1.84. The van der Waals surface area contributed by atoms with Gasteiger partial charge in [-0.1, -0.05) is 19.1 Å².